The maximum absolute atomic E-state index is 3.12. The monoisotopic (exact) mass is 208 g/mol. The molecule has 0 saturated carbocycles. The number of aromatic amines is 1. The molecule has 16 heavy (non-hydrogen) atoms. The summed E-state index contributed by atoms with van der Waals surface area (Å²) in [6, 6.07) is 21.1. The third-order valence-electron chi connectivity index (χ3n) is 2.35. The molecule has 1 heterocycles. The molecule has 2 aromatic carbocycles. The zero-order valence-corrected chi connectivity index (χ0v) is 9.27. The molecule has 1 radical (unpaired) electrons. The zero-order chi connectivity index (χ0) is 11.2. The van der Waals surface area contributed by atoms with Crippen LogP contribution < -0.4 is 0 Å². The Morgan fingerprint density at radius 3 is 2.31 bits per heavy atom. The molecule has 1 nitrogen and oxygen atoms in total. The van der Waals surface area contributed by atoms with E-state index in [0.717, 1.165) is 0 Å². The van der Waals surface area contributed by atoms with E-state index in [0.29, 0.717) is 0 Å². The van der Waals surface area contributed by atoms with E-state index >= 15 is 0 Å². The summed E-state index contributed by atoms with van der Waals surface area (Å²) in [5, 5.41) is 1.28. The van der Waals surface area contributed by atoms with Gasteiger partial charge in [0.15, 0.2) is 0 Å². The smallest absolute Gasteiger partial charge is 0.0453 e. The molecular formula is C15H14N. The van der Waals surface area contributed by atoms with Crippen LogP contribution in [0.3, 0.4) is 0 Å². The van der Waals surface area contributed by atoms with Crippen molar-refractivity contribution in [1.29, 1.82) is 0 Å². The highest BCUT2D eigenvalue weighted by atomic mass is 14.6. The largest absolute Gasteiger partial charge is 0.361 e. The molecule has 0 fully saturated rings. The highest BCUT2D eigenvalue weighted by molar-refractivity contribution is 5.78. The van der Waals surface area contributed by atoms with Crippen LogP contribution >= 0.6 is 0 Å². The molecule has 1 N–H and O–H groups in total. The standard InChI is InChI=1S/C8H7N.C7H7/c1-2-4-8-7(3-1)5-6-9-8;1-7-5-3-2-4-6-7/h1-6,9H;3-6H,1H3. The van der Waals surface area contributed by atoms with Crippen molar-refractivity contribution in [3.05, 3.63) is 72.4 Å². The minimum absolute atomic E-state index is 1.21. The number of hydrogen-bond acceptors (Lipinski definition) is 0. The predicted octanol–water partition coefficient (Wildman–Crippen LogP) is 3.96. The van der Waals surface area contributed by atoms with Crippen LogP contribution in [0.15, 0.2) is 60.8 Å². The van der Waals surface area contributed by atoms with Gasteiger partial charge in [-0.05, 0) is 30.5 Å². The Balaban J connectivity index is 0.000000125. The van der Waals surface area contributed by atoms with Crippen molar-refractivity contribution in [3.63, 3.8) is 0 Å². The van der Waals surface area contributed by atoms with Crippen LogP contribution in [-0.4, -0.2) is 4.98 Å². The Bertz CT molecular complexity index is 507. The van der Waals surface area contributed by atoms with E-state index in [9.17, 15) is 0 Å². The van der Waals surface area contributed by atoms with Gasteiger partial charge < -0.3 is 4.98 Å². The van der Waals surface area contributed by atoms with Crippen molar-refractivity contribution >= 4 is 10.9 Å². The van der Waals surface area contributed by atoms with Gasteiger partial charge in [0, 0.05) is 11.7 Å². The van der Waals surface area contributed by atoms with Gasteiger partial charge >= 0.3 is 0 Å². The first-order valence-electron chi connectivity index (χ1n) is 5.31. The number of benzene rings is 2. The van der Waals surface area contributed by atoms with Crippen molar-refractivity contribution < 1.29 is 0 Å². The van der Waals surface area contributed by atoms with Crippen molar-refractivity contribution in [2.24, 2.45) is 0 Å². The third kappa shape index (κ3) is 2.74. The van der Waals surface area contributed by atoms with Gasteiger partial charge in [-0.2, -0.15) is 0 Å². The Kier molecular flexibility index (Phi) is 3.39. The zero-order valence-electron chi connectivity index (χ0n) is 9.27. The van der Waals surface area contributed by atoms with Crippen LogP contribution in [0.5, 0.6) is 0 Å². The average molecular weight is 208 g/mol. The van der Waals surface area contributed by atoms with Crippen molar-refractivity contribution in [2.75, 3.05) is 0 Å². The molecule has 0 spiro atoms. The van der Waals surface area contributed by atoms with E-state index < -0.39 is 0 Å². The van der Waals surface area contributed by atoms with Crippen LogP contribution in [0.25, 0.3) is 10.9 Å². The highest BCUT2D eigenvalue weighted by Crippen LogP contribution is 2.09. The van der Waals surface area contributed by atoms with Crippen molar-refractivity contribution in [1.82, 2.24) is 4.98 Å². The summed E-state index contributed by atoms with van der Waals surface area (Å²) in [5.41, 5.74) is 2.50. The van der Waals surface area contributed by atoms with Crippen LogP contribution in [0, 0.1) is 13.0 Å². The lowest BCUT2D eigenvalue weighted by atomic mass is 10.2. The van der Waals surface area contributed by atoms with Gasteiger partial charge in [0.1, 0.15) is 0 Å². The molecule has 79 valence electrons. The molecular weight excluding hydrogens is 194 g/mol. The highest BCUT2D eigenvalue weighted by Gasteiger charge is 1.86. The lowest BCUT2D eigenvalue weighted by Gasteiger charge is -1.83. The molecule has 0 aliphatic rings. The lowest BCUT2D eigenvalue weighted by molar-refractivity contribution is 1.47. The summed E-state index contributed by atoms with van der Waals surface area (Å²) in [5.74, 6) is 0. The molecule has 0 aliphatic carbocycles. The van der Waals surface area contributed by atoms with E-state index in [1.54, 1.807) is 0 Å². The topological polar surface area (TPSA) is 15.8 Å². The molecule has 3 rings (SSSR count). The first-order chi connectivity index (χ1) is 7.86. The van der Waals surface area contributed by atoms with Crippen LogP contribution in [-0.2, 0) is 0 Å². The molecule has 0 unspecified atom stereocenters. The Hall–Kier alpha value is -2.02. The Labute approximate surface area is 95.8 Å². The van der Waals surface area contributed by atoms with Crippen LogP contribution in [0.4, 0.5) is 0 Å². The molecule has 0 amide bonds. The lowest BCUT2D eigenvalue weighted by Crippen LogP contribution is -1.63. The number of fused-ring (bicyclic) bond motifs is 1. The van der Waals surface area contributed by atoms with E-state index in [-0.39, 0.29) is 0 Å². The maximum atomic E-state index is 3.12. The first-order valence-corrected chi connectivity index (χ1v) is 5.31. The Morgan fingerprint density at radius 2 is 1.69 bits per heavy atom. The molecule has 1 aromatic heterocycles. The fourth-order valence-corrected chi connectivity index (χ4v) is 1.47. The predicted molar refractivity (Wildman–Crippen MR) is 68.3 cm³/mol. The number of rotatable bonds is 0. The van der Waals surface area contributed by atoms with Crippen LogP contribution in [0.1, 0.15) is 5.56 Å². The number of aryl methyl sites for hydroxylation is 1. The van der Waals surface area contributed by atoms with Crippen LogP contribution in [0.2, 0.25) is 0 Å². The number of para-hydroxylation sites is 1. The van der Waals surface area contributed by atoms with Crippen molar-refractivity contribution in [3.8, 4) is 0 Å². The molecule has 0 saturated heterocycles. The quantitative estimate of drug-likeness (QED) is 0.575. The van der Waals surface area contributed by atoms with Gasteiger partial charge in [0.2, 0.25) is 0 Å². The normalized spacial score (nSPS) is 9.56. The number of hydrogen-bond donors (Lipinski definition) is 1. The second-order valence-electron chi connectivity index (χ2n) is 3.64. The molecule has 0 aliphatic heterocycles. The second kappa shape index (κ2) is 5.17. The van der Waals surface area contributed by atoms with Gasteiger partial charge in [-0.25, -0.2) is 0 Å². The summed E-state index contributed by atoms with van der Waals surface area (Å²) in [6.45, 7) is 2.06. The summed E-state index contributed by atoms with van der Waals surface area (Å²) >= 11 is 0. The minimum Gasteiger partial charge on any atom is -0.361 e. The van der Waals surface area contributed by atoms with Gasteiger partial charge in [0.05, 0.1) is 0 Å². The average Bonchev–Trinajstić information content (AvgIpc) is 2.79. The van der Waals surface area contributed by atoms with Gasteiger partial charge in [-0.15, -0.1) is 0 Å². The summed E-state index contributed by atoms with van der Waals surface area (Å²) < 4.78 is 0. The molecule has 3 aromatic rings. The fourth-order valence-electron chi connectivity index (χ4n) is 1.47. The van der Waals surface area contributed by atoms with Gasteiger partial charge in [-0.3, -0.25) is 0 Å². The molecule has 1 heteroatoms. The Morgan fingerprint density at radius 1 is 0.938 bits per heavy atom. The maximum Gasteiger partial charge on any atom is 0.0453 e. The summed E-state index contributed by atoms with van der Waals surface area (Å²) in [6.07, 6.45) is 1.95. The van der Waals surface area contributed by atoms with Gasteiger partial charge in [0.25, 0.3) is 0 Å². The van der Waals surface area contributed by atoms with Gasteiger partial charge in [-0.1, -0.05) is 48.0 Å². The van der Waals surface area contributed by atoms with E-state index in [2.05, 4.69) is 36.2 Å². The summed E-state index contributed by atoms with van der Waals surface area (Å²) in [7, 11) is 0. The van der Waals surface area contributed by atoms with E-state index in [1.807, 2.05) is 42.6 Å². The SMILES string of the molecule is Cc1cc[c]cc1.c1ccc2[nH]ccc2c1. The number of aromatic nitrogens is 1. The van der Waals surface area contributed by atoms with E-state index in [1.165, 1.54) is 16.5 Å². The molecule has 0 atom stereocenters. The van der Waals surface area contributed by atoms with Crippen molar-refractivity contribution in [2.45, 2.75) is 6.92 Å². The van der Waals surface area contributed by atoms with E-state index in [4.69, 9.17) is 0 Å². The fraction of sp³-hybridized carbons (Fsp3) is 0.0667. The molecule has 0 bridgehead atoms. The minimum atomic E-state index is 1.21. The number of nitrogens with one attached hydrogen (secondary N) is 1. The number of H-pyrrole nitrogens is 1. The summed E-state index contributed by atoms with van der Waals surface area (Å²) in [4.78, 5) is 3.12. The first kappa shape index (κ1) is 10.5. The second-order valence-corrected chi connectivity index (χ2v) is 3.64. The third-order valence-corrected chi connectivity index (χ3v) is 2.35.